The molecule has 21 heavy (non-hydrogen) atoms. The Morgan fingerprint density at radius 1 is 1.43 bits per heavy atom. The number of aryl methyl sites for hydroxylation is 1. The van der Waals surface area contributed by atoms with Crippen molar-refractivity contribution in [2.24, 2.45) is 0 Å². The first-order valence-corrected chi connectivity index (χ1v) is 7.19. The number of ether oxygens (including phenoxy) is 1. The molecule has 0 spiro atoms. The summed E-state index contributed by atoms with van der Waals surface area (Å²) in [6.07, 6.45) is 0. The molecule has 2 aromatic rings. The van der Waals surface area contributed by atoms with Gasteiger partial charge in [-0.05, 0) is 37.6 Å². The van der Waals surface area contributed by atoms with Crippen LogP contribution in [0.1, 0.15) is 16.8 Å². The van der Waals surface area contributed by atoms with Gasteiger partial charge in [0.1, 0.15) is 24.0 Å². The molecule has 0 N–H and O–H groups in total. The van der Waals surface area contributed by atoms with Crippen LogP contribution in [-0.2, 0) is 6.54 Å². The van der Waals surface area contributed by atoms with Crippen LogP contribution in [0.25, 0.3) is 0 Å². The zero-order valence-corrected chi connectivity index (χ0v) is 13.3. The molecule has 0 bridgehead atoms. The molecule has 0 amide bonds. The molecule has 0 aliphatic carbocycles. The van der Waals surface area contributed by atoms with E-state index < -0.39 is 0 Å². The number of rotatable bonds is 4. The summed E-state index contributed by atoms with van der Waals surface area (Å²) < 4.78 is 7.78. The maximum atomic E-state index is 12.1. The fourth-order valence-electron chi connectivity index (χ4n) is 1.86. The summed E-state index contributed by atoms with van der Waals surface area (Å²) >= 11 is 3.36. The minimum atomic E-state index is -0.376. The highest BCUT2D eigenvalue weighted by Gasteiger charge is 2.11. The molecule has 1 aromatic heterocycles. The third-order valence-corrected chi connectivity index (χ3v) is 3.61. The molecule has 6 heteroatoms. The smallest absolute Gasteiger partial charge is 0.285 e. The molecule has 0 aliphatic heterocycles. The Kier molecular flexibility index (Phi) is 4.76. The maximum absolute atomic E-state index is 12.1. The van der Waals surface area contributed by atoms with Gasteiger partial charge in [0.15, 0.2) is 0 Å². The number of nitrogens with zero attached hydrogens (tertiary/aromatic N) is 3. The van der Waals surface area contributed by atoms with Gasteiger partial charge in [0.25, 0.3) is 5.56 Å². The van der Waals surface area contributed by atoms with Gasteiger partial charge in [0, 0.05) is 4.47 Å². The average molecular weight is 348 g/mol. The lowest BCUT2D eigenvalue weighted by Crippen LogP contribution is -2.29. The molecule has 0 radical (unpaired) electrons. The molecular formula is C15H14BrN3O2. The molecule has 2 rings (SSSR count). The van der Waals surface area contributed by atoms with Crippen molar-refractivity contribution >= 4 is 15.9 Å². The van der Waals surface area contributed by atoms with Gasteiger partial charge in [-0.25, -0.2) is 4.68 Å². The fraction of sp³-hybridized carbons (Fsp3) is 0.267. The van der Waals surface area contributed by atoms with Gasteiger partial charge in [-0.15, -0.1) is 0 Å². The summed E-state index contributed by atoms with van der Waals surface area (Å²) in [5.74, 6) is 0.710. The Morgan fingerprint density at radius 2 is 2.19 bits per heavy atom. The number of benzene rings is 1. The average Bonchev–Trinajstić information content (AvgIpc) is 2.45. The zero-order valence-electron chi connectivity index (χ0n) is 11.8. The number of aromatic nitrogens is 2. The van der Waals surface area contributed by atoms with Crippen molar-refractivity contribution in [3.63, 3.8) is 0 Å². The number of halogens is 1. The zero-order chi connectivity index (χ0) is 15.4. The van der Waals surface area contributed by atoms with Crippen LogP contribution in [0.3, 0.4) is 0 Å². The van der Waals surface area contributed by atoms with Crippen molar-refractivity contribution < 1.29 is 4.74 Å². The molecule has 108 valence electrons. The predicted molar refractivity (Wildman–Crippen MR) is 82.3 cm³/mol. The summed E-state index contributed by atoms with van der Waals surface area (Å²) in [6, 6.07) is 9.39. The van der Waals surface area contributed by atoms with Crippen molar-refractivity contribution in [3.05, 3.63) is 55.9 Å². The second-order valence-corrected chi connectivity index (χ2v) is 5.45. The fourth-order valence-corrected chi connectivity index (χ4v) is 2.24. The monoisotopic (exact) mass is 347 g/mol. The molecular weight excluding hydrogens is 334 g/mol. The van der Waals surface area contributed by atoms with Crippen LogP contribution in [0.15, 0.2) is 33.5 Å². The van der Waals surface area contributed by atoms with Crippen molar-refractivity contribution in [2.75, 3.05) is 6.61 Å². The van der Waals surface area contributed by atoms with Crippen LogP contribution in [0, 0.1) is 25.2 Å². The topological polar surface area (TPSA) is 67.9 Å². The molecule has 0 atom stereocenters. The lowest BCUT2D eigenvalue weighted by Gasteiger charge is -2.10. The largest absolute Gasteiger partial charge is 0.492 e. The highest BCUT2D eigenvalue weighted by atomic mass is 79.9. The minimum absolute atomic E-state index is 0.143. The van der Waals surface area contributed by atoms with Crippen molar-refractivity contribution in [3.8, 4) is 11.8 Å². The Bertz CT molecular complexity index is 762. The van der Waals surface area contributed by atoms with Crippen LogP contribution in [0.5, 0.6) is 5.75 Å². The van der Waals surface area contributed by atoms with Crippen LogP contribution in [0.4, 0.5) is 0 Å². The van der Waals surface area contributed by atoms with E-state index in [1.807, 2.05) is 30.3 Å². The van der Waals surface area contributed by atoms with E-state index >= 15 is 0 Å². The molecule has 0 unspecified atom stereocenters. The Morgan fingerprint density at radius 3 is 2.86 bits per heavy atom. The minimum Gasteiger partial charge on any atom is -0.492 e. The lowest BCUT2D eigenvalue weighted by molar-refractivity contribution is 0.287. The molecule has 0 saturated heterocycles. The summed E-state index contributed by atoms with van der Waals surface area (Å²) in [6.45, 7) is 4.10. The molecule has 0 aliphatic rings. The molecule has 1 aromatic carbocycles. The number of hydrogen-bond acceptors (Lipinski definition) is 4. The van der Waals surface area contributed by atoms with E-state index in [2.05, 4.69) is 21.0 Å². The first-order chi connectivity index (χ1) is 10.0. The Balaban J connectivity index is 2.13. The number of hydrogen-bond donors (Lipinski definition) is 0. The first-order valence-electron chi connectivity index (χ1n) is 6.39. The van der Waals surface area contributed by atoms with Crippen molar-refractivity contribution in [1.82, 2.24) is 9.78 Å². The Hall–Kier alpha value is -2.13. The van der Waals surface area contributed by atoms with E-state index in [4.69, 9.17) is 10.00 Å². The van der Waals surface area contributed by atoms with E-state index in [1.54, 1.807) is 13.8 Å². The second kappa shape index (κ2) is 6.55. The van der Waals surface area contributed by atoms with Crippen LogP contribution < -0.4 is 10.3 Å². The molecule has 1 heterocycles. The van der Waals surface area contributed by atoms with Crippen LogP contribution in [-0.4, -0.2) is 16.4 Å². The SMILES string of the molecule is Cc1nn(CCOc2cccc(Br)c2)c(=O)c(C#N)c1C. The summed E-state index contributed by atoms with van der Waals surface area (Å²) in [4.78, 5) is 12.1. The number of nitriles is 1. The summed E-state index contributed by atoms with van der Waals surface area (Å²) in [7, 11) is 0. The highest BCUT2D eigenvalue weighted by molar-refractivity contribution is 9.10. The van der Waals surface area contributed by atoms with E-state index in [1.165, 1.54) is 4.68 Å². The van der Waals surface area contributed by atoms with Gasteiger partial charge in [-0.3, -0.25) is 4.79 Å². The molecule has 5 nitrogen and oxygen atoms in total. The summed E-state index contributed by atoms with van der Waals surface area (Å²) in [5.41, 5.74) is 1.07. The van der Waals surface area contributed by atoms with E-state index in [0.717, 1.165) is 4.47 Å². The third-order valence-electron chi connectivity index (χ3n) is 3.12. The van der Waals surface area contributed by atoms with E-state index in [9.17, 15) is 4.79 Å². The lowest BCUT2D eigenvalue weighted by atomic mass is 10.1. The third kappa shape index (κ3) is 3.50. The standard InChI is InChI=1S/C15H14BrN3O2/c1-10-11(2)18-19(15(20)14(10)9-17)6-7-21-13-5-3-4-12(16)8-13/h3-5,8H,6-7H2,1-2H3. The van der Waals surface area contributed by atoms with Crippen molar-refractivity contribution in [1.29, 1.82) is 5.26 Å². The second-order valence-electron chi connectivity index (χ2n) is 4.53. The van der Waals surface area contributed by atoms with Gasteiger partial charge in [-0.2, -0.15) is 10.4 Å². The quantitative estimate of drug-likeness (QED) is 0.852. The van der Waals surface area contributed by atoms with Gasteiger partial charge in [0.05, 0.1) is 12.2 Å². The van der Waals surface area contributed by atoms with Gasteiger partial charge in [-0.1, -0.05) is 22.0 Å². The highest BCUT2D eigenvalue weighted by Crippen LogP contribution is 2.17. The van der Waals surface area contributed by atoms with Crippen LogP contribution in [0.2, 0.25) is 0 Å². The molecule has 0 saturated carbocycles. The van der Waals surface area contributed by atoms with Crippen molar-refractivity contribution in [2.45, 2.75) is 20.4 Å². The van der Waals surface area contributed by atoms with Gasteiger partial charge < -0.3 is 4.74 Å². The predicted octanol–water partition coefficient (Wildman–Crippen LogP) is 2.57. The Labute approximate surface area is 130 Å². The first kappa shape index (κ1) is 15.3. The normalized spacial score (nSPS) is 10.2. The van der Waals surface area contributed by atoms with Gasteiger partial charge >= 0.3 is 0 Å². The van der Waals surface area contributed by atoms with E-state index in [-0.39, 0.29) is 11.1 Å². The van der Waals surface area contributed by atoms with E-state index in [0.29, 0.717) is 30.2 Å². The van der Waals surface area contributed by atoms with Crippen LogP contribution >= 0.6 is 15.9 Å². The van der Waals surface area contributed by atoms with Gasteiger partial charge in [0.2, 0.25) is 0 Å². The summed E-state index contributed by atoms with van der Waals surface area (Å²) in [5, 5.41) is 13.2. The maximum Gasteiger partial charge on any atom is 0.285 e. The molecule has 0 fully saturated rings.